The normalized spacial score (nSPS) is 10.8. The summed E-state index contributed by atoms with van der Waals surface area (Å²) in [5, 5.41) is 9.25. The molecule has 2 aromatic heterocycles. The highest BCUT2D eigenvalue weighted by molar-refractivity contribution is 7.99. The van der Waals surface area contributed by atoms with Crippen LogP contribution in [0.1, 0.15) is 27.9 Å². The van der Waals surface area contributed by atoms with Crippen molar-refractivity contribution < 1.29 is 14.3 Å². The standard InChI is InChI=1S/C24H23N5O3S2/c1-3-32-22(31)21-17(2)26-23(34-21)28(14-18-10-6-4-7-11-18)20(30)15-33-24-27-25-16-29(24)19-12-8-5-9-13-19/h4-13,16H,3,14-15H2,1-2H3. The maximum Gasteiger partial charge on any atom is 0.350 e. The Morgan fingerprint density at radius 3 is 2.50 bits per heavy atom. The highest BCUT2D eigenvalue weighted by Crippen LogP contribution is 2.29. The summed E-state index contributed by atoms with van der Waals surface area (Å²) in [6.07, 6.45) is 1.62. The fourth-order valence-electron chi connectivity index (χ4n) is 3.20. The van der Waals surface area contributed by atoms with Gasteiger partial charge in [-0.3, -0.25) is 14.3 Å². The number of esters is 1. The fourth-order valence-corrected chi connectivity index (χ4v) is 4.99. The number of aryl methyl sites for hydroxylation is 1. The van der Waals surface area contributed by atoms with Crippen molar-refractivity contribution in [3.8, 4) is 5.69 Å². The van der Waals surface area contributed by atoms with Gasteiger partial charge in [0.15, 0.2) is 10.3 Å². The number of hydrogen-bond acceptors (Lipinski definition) is 8. The zero-order valence-corrected chi connectivity index (χ0v) is 20.4. The van der Waals surface area contributed by atoms with Gasteiger partial charge in [-0.05, 0) is 31.5 Å². The van der Waals surface area contributed by atoms with Crippen LogP contribution in [0.2, 0.25) is 0 Å². The van der Waals surface area contributed by atoms with Crippen molar-refractivity contribution in [2.75, 3.05) is 17.3 Å². The predicted molar refractivity (Wildman–Crippen MR) is 133 cm³/mol. The van der Waals surface area contributed by atoms with Crippen molar-refractivity contribution >= 4 is 40.1 Å². The van der Waals surface area contributed by atoms with Gasteiger partial charge in [-0.1, -0.05) is 71.6 Å². The fraction of sp³-hybridized carbons (Fsp3) is 0.208. The van der Waals surface area contributed by atoms with Gasteiger partial charge in [0.05, 0.1) is 24.6 Å². The lowest BCUT2D eigenvalue weighted by atomic mass is 10.2. The first kappa shape index (κ1) is 23.7. The van der Waals surface area contributed by atoms with Crippen LogP contribution in [0.5, 0.6) is 0 Å². The molecule has 0 aliphatic heterocycles. The minimum Gasteiger partial charge on any atom is -0.462 e. The predicted octanol–water partition coefficient (Wildman–Crippen LogP) is 4.53. The molecule has 34 heavy (non-hydrogen) atoms. The van der Waals surface area contributed by atoms with E-state index in [-0.39, 0.29) is 18.3 Å². The highest BCUT2D eigenvalue weighted by atomic mass is 32.2. The van der Waals surface area contributed by atoms with Crippen LogP contribution in [0.25, 0.3) is 5.69 Å². The molecule has 1 amide bonds. The molecule has 0 N–H and O–H groups in total. The lowest BCUT2D eigenvalue weighted by Gasteiger charge is -2.20. The monoisotopic (exact) mass is 493 g/mol. The van der Waals surface area contributed by atoms with Crippen molar-refractivity contribution in [3.05, 3.63) is 83.1 Å². The van der Waals surface area contributed by atoms with Crippen LogP contribution < -0.4 is 4.90 Å². The molecule has 0 aliphatic carbocycles. The number of hydrogen-bond donors (Lipinski definition) is 0. The molecule has 0 bridgehead atoms. The van der Waals surface area contributed by atoms with Gasteiger partial charge >= 0.3 is 5.97 Å². The van der Waals surface area contributed by atoms with Gasteiger partial charge in [0.1, 0.15) is 11.2 Å². The minimum absolute atomic E-state index is 0.131. The molecule has 2 heterocycles. The van der Waals surface area contributed by atoms with Crippen LogP contribution in [-0.4, -0.2) is 44.0 Å². The van der Waals surface area contributed by atoms with Crippen molar-refractivity contribution in [2.45, 2.75) is 25.5 Å². The van der Waals surface area contributed by atoms with Crippen LogP contribution in [0.15, 0.2) is 72.1 Å². The third kappa shape index (κ3) is 5.52. The Morgan fingerprint density at radius 1 is 1.09 bits per heavy atom. The topological polar surface area (TPSA) is 90.2 Å². The first-order valence-electron chi connectivity index (χ1n) is 10.6. The van der Waals surface area contributed by atoms with Gasteiger partial charge in [-0.25, -0.2) is 9.78 Å². The largest absolute Gasteiger partial charge is 0.462 e. The lowest BCUT2D eigenvalue weighted by Crippen LogP contribution is -2.32. The summed E-state index contributed by atoms with van der Waals surface area (Å²) in [5.41, 5.74) is 2.41. The number of thiazole rings is 1. The number of ether oxygens (including phenoxy) is 1. The molecule has 0 atom stereocenters. The molecule has 0 fully saturated rings. The van der Waals surface area contributed by atoms with E-state index in [1.807, 2.05) is 65.2 Å². The van der Waals surface area contributed by atoms with Crippen molar-refractivity contribution in [2.24, 2.45) is 0 Å². The van der Waals surface area contributed by atoms with E-state index in [9.17, 15) is 9.59 Å². The zero-order valence-electron chi connectivity index (χ0n) is 18.7. The molecule has 0 aliphatic rings. The molecule has 0 spiro atoms. The third-order valence-electron chi connectivity index (χ3n) is 4.84. The summed E-state index contributed by atoms with van der Waals surface area (Å²) < 4.78 is 6.98. The summed E-state index contributed by atoms with van der Waals surface area (Å²) in [7, 11) is 0. The van der Waals surface area contributed by atoms with Gasteiger partial charge in [0.2, 0.25) is 5.91 Å². The maximum atomic E-state index is 13.4. The molecule has 174 valence electrons. The van der Waals surface area contributed by atoms with Crippen LogP contribution in [0.3, 0.4) is 0 Å². The Bertz CT molecular complexity index is 1260. The summed E-state index contributed by atoms with van der Waals surface area (Å²) in [5.74, 6) is -0.451. The first-order chi connectivity index (χ1) is 16.6. The second kappa shape index (κ2) is 11.1. The molecule has 8 nitrogen and oxygen atoms in total. The number of benzene rings is 2. The van der Waals surface area contributed by atoms with E-state index in [4.69, 9.17) is 4.74 Å². The second-order valence-corrected chi connectivity index (χ2v) is 9.12. The Hall–Kier alpha value is -3.50. The van der Waals surface area contributed by atoms with Gasteiger partial charge in [-0.2, -0.15) is 0 Å². The quantitative estimate of drug-likeness (QED) is 0.250. The molecule has 10 heteroatoms. The molecule has 4 aromatic rings. The first-order valence-corrected chi connectivity index (χ1v) is 12.4. The van der Waals surface area contributed by atoms with Crippen molar-refractivity contribution in [3.63, 3.8) is 0 Å². The van der Waals surface area contributed by atoms with Gasteiger partial charge in [-0.15, -0.1) is 10.2 Å². The van der Waals surface area contributed by atoms with Gasteiger partial charge in [0, 0.05) is 5.69 Å². The molecule has 2 aromatic carbocycles. The molecule has 0 saturated carbocycles. The number of thioether (sulfide) groups is 1. The number of carbonyl (C=O) groups excluding carboxylic acids is 2. The smallest absolute Gasteiger partial charge is 0.350 e. The van der Waals surface area contributed by atoms with Crippen LogP contribution in [0, 0.1) is 6.92 Å². The van der Waals surface area contributed by atoms with Crippen LogP contribution in [-0.2, 0) is 16.1 Å². The number of carbonyl (C=O) groups is 2. The molecule has 0 radical (unpaired) electrons. The van der Waals surface area contributed by atoms with Gasteiger partial charge < -0.3 is 4.74 Å². The lowest BCUT2D eigenvalue weighted by molar-refractivity contribution is -0.116. The molecule has 0 saturated heterocycles. The summed E-state index contributed by atoms with van der Waals surface area (Å²) in [6, 6.07) is 19.4. The van der Waals surface area contributed by atoms with E-state index in [1.54, 1.807) is 25.1 Å². The number of aromatic nitrogens is 4. The number of nitrogens with zero attached hydrogens (tertiary/aromatic N) is 5. The second-order valence-electron chi connectivity index (χ2n) is 7.20. The number of rotatable bonds is 9. The SMILES string of the molecule is CCOC(=O)c1sc(N(Cc2ccccc2)C(=O)CSc2nncn2-c2ccccc2)nc1C. The number of para-hydroxylation sites is 1. The Kier molecular flexibility index (Phi) is 7.71. The highest BCUT2D eigenvalue weighted by Gasteiger charge is 2.25. The van der Waals surface area contributed by atoms with Crippen molar-refractivity contribution in [1.82, 2.24) is 19.7 Å². The van der Waals surface area contributed by atoms with E-state index in [0.717, 1.165) is 22.6 Å². The summed E-state index contributed by atoms with van der Waals surface area (Å²) in [4.78, 5) is 32.2. The van der Waals surface area contributed by atoms with E-state index in [2.05, 4.69) is 15.2 Å². The zero-order chi connectivity index (χ0) is 23.9. The number of anilines is 1. The minimum atomic E-state index is -0.429. The Labute approximate surface area is 205 Å². The molecular weight excluding hydrogens is 470 g/mol. The maximum absolute atomic E-state index is 13.4. The van der Waals surface area contributed by atoms with Crippen molar-refractivity contribution in [1.29, 1.82) is 0 Å². The molecule has 0 unspecified atom stereocenters. The van der Waals surface area contributed by atoms with E-state index in [1.165, 1.54) is 11.8 Å². The molecule has 4 rings (SSSR count). The summed E-state index contributed by atoms with van der Waals surface area (Å²) >= 11 is 2.46. The van der Waals surface area contributed by atoms with E-state index >= 15 is 0 Å². The number of amides is 1. The summed E-state index contributed by atoms with van der Waals surface area (Å²) in [6.45, 7) is 4.11. The third-order valence-corrected chi connectivity index (χ3v) is 6.93. The van der Waals surface area contributed by atoms with Crippen LogP contribution >= 0.6 is 23.1 Å². The van der Waals surface area contributed by atoms with Gasteiger partial charge in [0.25, 0.3) is 0 Å². The Morgan fingerprint density at radius 2 is 1.79 bits per heavy atom. The van der Waals surface area contributed by atoms with E-state index in [0.29, 0.717) is 27.4 Å². The average molecular weight is 494 g/mol. The Balaban J connectivity index is 1.57. The molecular formula is C24H23N5O3S2. The average Bonchev–Trinajstić information content (AvgIpc) is 3.49. The van der Waals surface area contributed by atoms with Crippen LogP contribution in [0.4, 0.5) is 5.13 Å². The van der Waals surface area contributed by atoms with E-state index < -0.39 is 5.97 Å².